The van der Waals surface area contributed by atoms with Crippen molar-refractivity contribution in [2.75, 3.05) is 5.73 Å². The van der Waals surface area contributed by atoms with E-state index in [-0.39, 0.29) is 5.88 Å². The van der Waals surface area contributed by atoms with E-state index < -0.39 is 11.6 Å². The number of nitrogen functional groups attached to an aromatic ring is 1. The van der Waals surface area contributed by atoms with Crippen molar-refractivity contribution in [1.29, 1.82) is 0 Å². The SMILES string of the molecule is Nc1onc(-c2ccc(F)c(F)c2)c1-c1ccccc1Br. The van der Waals surface area contributed by atoms with E-state index in [0.29, 0.717) is 16.8 Å². The lowest BCUT2D eigenvalue weighted by atomic mass is 10.0. The van der Waals surface area contributed by atoms with Crippen molar-refractivity contribution in [3.63, 3.8) is 0 Å². The van der Waals surface area contributed by atoms with Gasteiger partial charge in [0.25, 0.3) is 0 Å². The topological polar surface area (TPSA) is 52.0 Å². The predicted octanol–water partition coefficient (Wildman–Crippen LogP) is 4.63. The van der Waals surface area contributed by atoms with Crippen molar-refractivity contribution in [3.05, 3.63) is 58.6 Å². The molecule has 0 aliphatic heterocycles. The molecule has 0 aliphatic carbocycles. The Labute approximate surface area is 127 Å². The summed E-state index contributed by atoms with van der Waals surface area (Å²) in [4.78, 5) is 0. The van der Waals surface area contributed by atoms with Gasteiger partial charge in [-0.3, -0.25) is 0 Å². The van der Waals surface area contributed by atoms with Crippen molar-refractivity contribution in [3.8, 4) is 22.4 Å². The quantitative estimate of drug-likeness (QED) is 0.732. The molecule has 1 aromatic heterocycles. The van der Waals surface area contributed by atoms with Crippen molar-refractivity contribution in [1.82, 2.24) is 5.16 Å². The van der Waals surface area contributed by atoms with Gasteiger partial charge in [0.2, 0.25) is 5.88 Å². The van der Waals surface area contributed by atoms with Gasteiger partial charge in [0, 0.05) is 15.6 Å². The molecule has 0 amide bonds. The summed E-state index contributed by atoms with van der Waals surface area (Å²) >= 11 is 3.43. The molecule has 0 radical (unpaired) electrons. The van der Waals surface area contributed by atoms with Crippen LogP contribution in [0.15, 0.2) is 51.5 Å². The van der Waals surface area contributed by atoms with E-state index in [1.165, 1.54) is 6.07 Å². The van der Waals surface area contributed by atoms with E-state index in [4.69, 9.17) is 10.3 Å². The Hall–Kier alpha value is -2.21. The molecule has 106 valence electrons. The highest BCUT2D eigenvalue weighted by atomic mass is 79.9. The number of nitrogens with two attached hydrogens (primary N) is 1. The third-order valence-corrected chi connectivity index (χ3v) is 3.75. The summed E-state index contributed by atoms with van der Waals surface area (Å²) in [5, 5.41) is 3.86. The number of aromatic nitrogens is 1. The van der Waals surface area contributed by atoms with Crippen molar-refractivity contribution < 1.29 is 13.3 Å². The van der Waals surface area contributed by atoms with Crippen LogP contribution in [0.5, 0.6) is 0 Å². The Bertz CT molecular complexity index is 817. The first-order chi connectivity index (χ1) is 10.1. The molecule has 0 fully saturated rings. The van der Waals surface area contributed by atoms with Gasteiger partial charge in [0.1, 0.15) is 5.69 Å². The maximum Gasteiger partial charge on any atom is 0.230 e. The van der Waals surface area contributed by atoms with Crippen molar-refractivity contribution in [2.24, 2.45) is 0 Å². The second-order valence-corrected chi connectivity index (χ2v) is 5.23. The molecule has 3 nitrogen and oxygen atoms in total. The number of anilines is 1. The van der Waals surface area contributed by atoms with Gasteiger partial charge in [-0.1, -0.05) is 39.3 Å². The van der Waals surface area contributed by atoms with Gasteiger partial charge in [0.15, 0.2) is 11.6 Å². The fraction of sp³-hybridized carbons (Fsp3) is 0. The van der Waals surface area contributed by atoms with Crippen LogP contribution in [0, 0.1) is 11.6 Å². The van der Waals surface area contributed by atoms with Crippen LogP contribution in [0.2, 0.25) is 0 Å². The fourth-order valence-corrected chi connectivity index (χ4v) is 2.55. The van der Waals surface area contributed by atoms with Gasteiger partial charge in [-0.25, -0.2) is 8.78 Å². The van der Waals surface area contributed by atoms with Gasteiger partial charge in [0.05, 0.1) is 5.56 Å². The zero-order valence-electron chi connectivity index (χ0n) is 10.6. The highest BCUT2D eigenvalue weighted by Gasteiger charge is 2.20. The maximum absolute atomic E-state index is 13.4. The van der Waals surface area contributed by atoms with Crippen LogP contribution in [0.3, 0.4) is 0 Å². The zero-order valence-corrected chi connectivity index (χ0v) is 12.2. The molecule has 2 N–H and O–H groups in total. The van der Waals surface area contributed by atoms with Crippen LogP contribution < -0.4 is 5.73 Å². The number of benzene rings is 2. The molecule has 0 spiro atoms. The van der Waals surface area contributed by atoms with Gasteiger partial charge < -0.3 is 10.3 Å². The van der Waals surface area contributed by atoms with Crippen LogP contribution in [0.25, 0.3) is 22.4 Å². The minimum atomic E-state index is -0.952. The Morgan fingerprint density at radius 2 is 1.81 bits per heavy atom. The van der Waals surface area contributed by atoms with E-state index in [2.05, 4.69) is 21.1 Å². The summed E-state index contributed by atoms with van der Waals surface area (Å²) in [6.07, 6.45) is 0. The molecule has 6 heteroatoms. The van der Waals surface area contributed by atoms with Crippen molar-refractivity contribution in [2.45, 2.75) is 0 Å². The fourth-order valence-electron chi connectivity index (χ4n) is 2.07. The maximum atomic E-state index is 13.4. The smallest absolute Gasteiger partial charge is 0.230 e. The standard InChI is InChI=1S/C15H9BrF2N2O/c16-10-4-2-1-3-9(10)13-14(20-21-15(13)19)8-5-6-11(17)12(18)7-8/h1-7H,19H2. The van der Waals surface area contributed by atoms with E-state index in [1.807, 2.05) is 24.3 Å². The number of nitrogens with zero attached hydrogens (tertiary/aromatic N) is 1. The summed E-state index contributed by atoms with van der Waals surface area (Å²) in [7, 11) is 0. The molecule has 1 heterocycles. The highest BCUT2D eigenvalue weighted by molar-refractivity contribution is 9.10. The minimum absolute atomic E-state index is 0.113. The van der Waals surface area contributed by atoms with E-state index in [1.54, 1.807) is 0 Å². The molecule has 0 saturated carbocycles. The Morgan fingerprint density at radius 1 is 1.05 bits per heavy atom. The molecule has 2 aromatic carbocycles. The van der Waals surface area contributed by atoms with Crippen molar-refractivity contribution >= 4 is 21.8 Å². The van der Waals surface area contributed by atoms with Gasteiger partial charge in [-0.2, -0.15) is 0 Å². The summed E-state index contributed by atoms with van der Waals surface area (Å²) in [6.45, 7) is 0. The molecule has 3 rings (SSSR count). The summed E-state index contributed by atoms with van der Waals surface area (Å²) in [5.41, 5.74) is 7.87. The number of rotatable bonds is 2. The lowest BCUT2D eigenvalue weighted by molar-refractivity contribution is 0.439. The average molecular weight is 351 g/mol. The molecular formula is C15H9BrF2N2O. The van der Waals surface area contributed by atoms with Crippen LogP contribution >= 0.6 is 15.9 Å². The zero-order chi connectivity index (χ0) is 15.0. The van der Waals surface area contributed by atoms with E-state index in [0.717, 1.165) is 22.2 Å². The molecular weight excluding hydrogens is 342 g/mol. The molecule has 3 aromatic rings. The lowest BCUT2D eigenvalue weighted by Crippen LogP contribution is -1.90. The highest BCUT2D eigenvalue weighted by Crippen LogP contribution is 2.39. The lowest BCUT2D eigenvalue weighted by Gasteiger charge is -2.05. The second-order valence-electron chi connectivity index (χ2n) is 4.38. The first-order valence-corrected chi connectivity index (χ1v) is 6.82. The number of halogens is 3. The Morgan fingerprint density at radius 3 is 2.52 bits per heavy atom. The van der Waals surface area contributed by atoms with Crippen LogP contribution in [-0.2, 0) is 0 Å². The summed E-state index contributed by atoms with van der Waals surface area (Å²) in [5.74, 6) is -1.76. The molecule has 0 atom stereocenters. The van der Waals surface area contributed by atoms with Gasteiger partial charge in [-0.05, 0) is 24.3 Å². The van der Waals surface area contributed by atoms with Gasteiger partial charge >= 0.3 is 0 Å². The predicted molar refractivity (Wildman–Crippen MR) is 79.4 cm³/mol. The van der Waals surface area contributed by atoms with Crippen LogP contribution in [0.1, 0.15) is 0 Å². The molecule has 0 saturated heterocycles. The third kappa shape index (κ3) is 2.42. The first-order valence-electron chi connectivity index (χ1n) is 6.03. The Kier molecular flexibility index (Phi) is 3.47. The summed E-state index contributed by atoms with van der Waals surface area (Å²) < 4.78 is 32.3. The molecule has 0 aliphatic rings. The monoisotopic (exact) mass is 350 g/mol. The molecule has 21 heavy (non-hydrogen) atoms. The number of hydrogen-bond acceptors (Lipinski definition) is 3. The third-order valence-electron chi connectivity index (χ3n) is 3.05. The molecule has 0 bridgehead atoms. The first kappa shape index (κ1) is 13.8. The largest absolute Gasteiger partial charge is 0.367 e. The summed E-state index contributed by atoms with van der Waals surface area (Å²) in [6, 6.07) is 10.9. The average Bonchev–Trinajstić information content (AvgIpc) is 2.84. The second kappa shape index (κ2) is 5.29. The molecule has 0 unspecified atom stereocenters. The number of hydrogen-bond donors (Lipinski definition) is 1. The minimum Gasteiger partial charge on any atom is -0.367 e. The van der Waals surface area contributed by atoms with E-state index in [9.17, 15) is 8.78 Å². The van der Waals surface area contributed by atoms with E-state index >= 15 is 0 Å². The Balaban J connectivity index is 2.22. The van der Waals surface area contributed by atoms with Gasteiger partial charge in [-0.15, -0.1) is 0 Å². The van der Waals surface area contributed by atoms with Crippen LogP contribution in [-0.4, -0.2) is 5.16 Å². The normalized spacial score (nSPS) is 10.8. The van der Waals surface area contributed by atoms with Crippen LogP contribution in [0.4, 0.5) is 14.7 Å².